The zero-order valence-corrected chi connectivity index (χ0v) is 12.7. The zero-order chi connectivity index (χ0) is 14.5. The van der Waals surface area contributed by atoms with Crippen LogP contribution in [0.1, 0.15) is 13.3 Å². The Morgan fingerprint density at radius 1 is 1.45 bits per heavy atom. The lowest BCUT2D eigenvalue weighted by Gasteiger charge is -2.13. The van der Waals surface area contributed by atoms with Gasteiger partial charge in [-0.3, -0.25) is 8.78 Å². The molecule has 0 aliphatic heterocycles. The first-order valence-corrected chi connectivity index (χ1v) is 8.11. The lowest BCUT2D eigenvalue weighted by molar-refractivity contribution is 0.677. The molecule has 0 saturated heterocycles. The van der Waals surface area contributed by atoms with Gasteiger partial charge in [-0.15, -0.1) is 0 Å². The SMILES string of the molecule is CC(CCS(C)=O)Nc1nc(Cl)nc(-n2ccnc2)n1. The molecule has 108 valence electrons. The van der Waals surface area contributed by atoms with E-state index in [1.165, 1.54) is 0 Å². The summed E-state index contributed by atoms with van der Waals surface area (Å²) >= 11 is 5.89. The van der Waals surface area contributed by atoms with Crippen LogP contribution in [-0.4, -0.2) is 46.8 Å². The lowest BCUT2D eigenvalue weighted by atomic mass is 10.3. The van der Waals surface area contributed by atoms with E-state index < -0.39 is 10.8 Å². The maximum absolute atomic E-state index is 11.1. The molecule has 20 heavy (non-hydrogen) atoms. The normalized spacial score (nSPS) is 13.9. The summed E-state index contributed by atoms with van der Waals surface area (Å²) in [5.74, 6) is 1.42. The van der Waals surface area contributed by atoms with Crippen molar-refractivity contribution in [3.05, 3.63) is 24.0 Å². The van der Waals surface area contributed by atoms with Gasteiger partial charge < -0.3 is 5.32 Å². The summed E-state index contributed by atoms with van der Waals surface area (Å²) in [5, 5.41) is 3.23. The van der Waals surface area contributed by atoms with Crippen molar-refractivity contribution in [2.75, 3.05) is 17.3 Å². The minimum Gasteiger partial charge on any atom is -0.352 e. The first-order valence-electron chi connectivity index (χ1n) is 6.01. The smallest absolute Gasteiger partial charge is 0.241 e. The molecule has 2 rings (SSSR count). The van der Waals surface area contributed by atoms with Crippen molar-refractivity contribution in [1.29, 1.82) is 0 Å². The number of anilines is 1. The quantitative estimate of drug-likeness (QED) is 0.864. The molecule has 0 fully saturated rings. The predicted octanol–water partition coefficient (Wildman–Crippen LogP) is 1.28. The second-order valence-corrected chi connectivity index (χ2v) is 6.20. The molecule has 0 aliphatic carbocycles. The summed E-state index contributed by atoms with van der Waals surface area (Å²) in [6.45, 7) is 1.97. The van der Waals surface area contributed by atoms with Crippen molar-refractivity contribution >= 4 is 28.3 Å². The first kappa shape index (κ1) is 14.9. The van der Waals surface area contributed by atoms with E-state index in [1.54, 1.807) is 29.5 Å². The Morgan fingerprint density at radius 3 is 2.90 bits per heavy atom. The third kappa shape index (κ3) is 4.24. The number of nitrogens with one attached hydrogen (secondary N) is 1. The average molecular weight is 315 g/mol. The van der Waals surface area contributed by atoms with Gasteiger partial charge in [-0.05, 0) is 24.9 Å². The van der Waals surface area contributed by atoms with Crippen LogP contribution in [0.4, 0.5) is 5.95 Å². The highest BCUT2D eigenvalue weighted by molar-refractivity contribution is 7.84. The summed E-state index contributed by atoms with van der Waals surface area (Å²) in [7, 11) is -0.809. The summed E-state index contributed by atoms with van der Waals surface area (Å²) in [4.78, 5) is 16.3. The number of hydrogen-bond acceptors (Lipinski definition) is 6. The second kappa shape index (κ2) is 6.76. The summed E-state index contributed by atoms with van der Waals surface area (Å²) in [6.07, 6.45) is 7.37. The Kier molecular flexibility index (Phi) is 5.02. The molecule has 2 atom stereocenters. The van der Waals surface area contributed by atoms with Gasteiger partial charge in [0.25, 0.3) is 0 Å². The van der Waals surface area contributed by atoms with Gasteiger partial charge in [-0.25, -0.2) is 4.98 Å². The number of aromatic nitrogens is 5. The van der Waals surface area contributed by atoms with Crippen molar-refractivity contribution in [2.24, 2.45) is 0 Å². The fourth-order valence-electron chi connectivity index (χ4n) is 1.53. The van der Waals surface area contributed by atoms with Crippen LogP contribution in [0.2, 0.25) is 5.28 Å². The van der Waals surface area contributed by atoms with E-state index in [2.05, 4.69) is 25.3 Å². The fraction of sp³-hybridized carbons (Fsp3) is 0.455. The summed E-state index contributed by atoms with van der Waals surface area (Å²) in [5.41, 5.74) is 0. The van der Waals surface area contributed by atoms with Crippen LogP contribution in [0, 0.1) is 0 Å². The minimum atomic E-state index is -0.809. The summed E-state index contributed by atoms with van der Waals surface area (Å²) in [6, 6.07) is 0.0907. The van der Waals surface area contributed by atoms with Crippen LogP contribution in [0.15, 0.2) is 18.7 Å². The van der Waals surface area contributed by atoms with Gasteiger partial charge in [0.1, 0.15) is 6.33 Å². The highest BCUT2D eigenvalue weighted by Crippen LogP contribution is 2.11. The fourth-order valence-corrected chi connectivity index (χ4v) is 2.37. The van der Waals surface area contributed by atoms with Crippen LogP contribution in [0.5, 0.6) is 0 Å². The highest BCUT2D eigenvalue weighted by Gasteiger charge is 2.09. The van der Waals surface area contributed by atoms with Crippen molar-refractivity contribution in [3.8, 4) is 5.95 Å². The molecule has 0 radical (unpaired) electrons. The highest BCUT2D eigenvalue weighted by atomic mass is 35.5. The van der Waals surface area contributed by atoms with Gasteiger partial charge in [-0.2, -0.15) is 15.0 Å². The van der Waals surface area contributed by atoms with Gasteiger partial charge in [0.2, 0.25) is 17.2 Å². The number of hydrogen-bond donors (Lipinski definition) is 1. The van der Waals surface area contributed by atoms with Gasteiger partial charge in [-0.1, -0.05) is 0 Å². The molecule has 0 amide bonds. The predicted molar refractivity (Wildman–Crippen MR) is 78.6 cm³/mol. The molecule has 1 N–H and O–H groups in total. The topological polar surface area (TPSA) is 85.6 Å². The Hall–Kier alpha value is -1.54. The zero-order valence-electron chi connectivity index (χ0n) is 11.2. The van der Waals surface area contributed by atoms with Crippen molar-refractivity contribution in [3.63, 3.8) is 0 Å². The molecule has 2 aromatic rings. The largest absolute Gasteiger partial charge is 0.352 e. The number of imidazole rings is 1. The van der Waals surface area contributed by atoms with E-state index in [-0.39, 0.29) is 11.3 Å². The third-order valence-corrected chi connectivity index (χ3v) is 3.53. The van der Waals surface area contributed by atoms with Crippen LogP contribution in [0.25, 0.3) is 5.95 Å². The molecule has 2 heterocycles. The standard InChI is InChI=1S/C11H15ClN6OS/c1-8(3-6-20(2)19)14-10-15-9(12)16-11(17-10)18-5-4-13-7-18/h4-5,7-8H,3,6H2,1-2H3,(H,14,15,16,17). The van der Waals surface area contributed by atoms with E-state index in [0.717, 1.165) is 6.42 Å². The molecule has 2 unspecified atom stereocenters. The third-order valence-electron chi connectivity index (χ3n) is 2.55. The van der Waals surface area contributed by atoms with E-state index in [9.17, 15) is 4.21 Å². The molecule has 0 saturated carbocycles. The van der Waals surface area contributed by atoms with Crippen molar-refractivity contribution in [1.82, 2.24) is 24.5 Å². The summed E-state index contributed by atoms with van der Waals surface area (Å²) < 4.78 is 12.7. The van der Waals surface area contributed by atoms with Crippen LogP contribution < -0.4 is 5.32 Å². The number of halogens is 1. The average Bonchev–Trinajstić information content (AvgIpc) is 2.89. The lowest BCUT2D eigenvalue weighted by Crippen LogP contribution is -2.20. The molecule has 0 spiro atoms. The van der Waals surface area contributed by atoms with E-state index in [0.29, 0.717) is 17.6 Å². The van der Waals surface area contributed by atoms with Crippen LogP contribution in [-0.2, 0) is 10.8 Å². The van der Waals surface area contributed by atoms with Gasteiger partial charge >= 0.3 is 0 Å². The van der Waals surface area contributed by atoms with Gasteiger partial charge in [0.05, 0.1) is 0 Å². The number of rotatable bonds is 6. The molecule has 0 bridgehead atoms. The molecular weight excluding hydrogens is 300 g/mol. The molecule has 9 heteroatoms. The Balaban J connectivity index is 2.10. The van der Waals surface area contributed by atoms with Crippen molar-refractivity contribution in [2.45, 2.75) is 19.4 Å². The molecular formula is C11H15ClN6OS. The van der Waals surface area contributed by atoms with Gasteiger partial charge in [0, 0.05) is 41.2 Å². The van der Waals surface area contributed by atoms with Crippen molar-refractivity contribution < 1.29 is 4.21 Å². The first-order chi connectivity index (χ1) is 9.54. The minimum absolute atomic E-state index is 0.0907. The van der Waals surface area contributed by atoms with E-state index in [4.69, 9.17) is 11.6 Å². The van der Waals surface area contributed by atoms with E-state index >= 15 is 0 Å². The van der Waals surface area contributed by atoms with Crippen LogP contribution in [0.3, 0.4) is 0 Å². The maximum Gasteiger partial charge on any atom is 0.241 e. The second-order valence-electron chi connectivity index (χ2n) is 4.31. The van der Waals surface area contributed by atoms with Crippen LogP contribution >= 0.6 is 11.6 Å². The maximum atomic E-state index is 11.1. The Morgan fingerprint density at radius 2 is 2.25 bits per heavy atom. The molecule has 7 nitrogen and oxygen atoms in total. The Labute approximate surface area is 124 Å². The molecule has 0 aliphatic rings. The molecule has 2 aromatic heterocycles. The number of nitrogens with zero attached hydrogens (tertiary/aromatic N) is 5. The Bertz CT molecular complexity index is 591. The monoisotopic (exact) mass is 314 g/mol. The molecule has 0 aromatic carbocycles. The van der Waals surface area contributed by atoms with Gasteiger partial charge in [0.15, 0.2) is 0 Å². The van der Waals surface area contributed by atoms with E-state index in [1.807, 2.05) is 6.92 Å².